The van der Waals surface area contributed by atoms with E-state index in [1.54, 1.807) is 0 Å². The van der Waals surface area contributed by atoms with Crippen molar-refractivity contribution in [3.8, 4) is 0 Å². The number of para-hydroxylation sites is 1. The van der Waals surface area contributed by atoms with Crippen LogP contribution < -0.4 is 0 Å². The third-order valence-electron chi connectivity index (χ3n) is 3.91. The molecule has 1 atom stereocenters. The molecule has 0 saturated heterocycles. The Morgan fingerprint density at radius 2 is 2.29 bits per heavy atom. The van der Waals surface area contributed by atoms with Crippen LogP contribution in [0.2, 0.25) is 0 Å². The number of nitrogens with one attached hydrogen (secondary N) is 1. The average molecular weight is 227 g/mol. The predicted octanol–water partition coefficient (Wildman–Crippen LogP) is 3.39. The summed E-state index contributed by atoms with van der Waals surface area (Å²) >= 11 is 0. The quantitative estimate of drug-likeness (QED) is 0.838. The first-order valence-corrected chi connectivity index (χ1v) is 6.34. The van der Waals surface area contributed by atoms with Gasteiger partial charge < -0.3 is 4.98 Å². The molecule has 0 aliphatic heterocycles. The highest BCUT2D eigenvalue weighted by atomic mass is 16.1. The lowest BCUT2D eigenvalue weighted by Crippen LogP contribution is -2.09. The van der Waals surface area contributed by atoms with Crippen molar-refractivity contribution in [1.29, 1.82) is 0 Å². The summed E-state index contributed by atoms with van der Waals surface area (Å²) in [6, 6.07) is 6.35. The lowest BCUT2D eigenvalue weighted by Gasteiger charge is -2.06. The maximum atomic E-state index is 11.7. The molecule has 1 aromatic heterocycles. The first kappa shape index (κ1) is 10.6. The third kappa shape index (κ3) is 1.78. The molecule has 2 nitrogen and oxygen atoms in total. The van der Waals surface area contributed by atoms with Crippen LogP contribution in [0.4, 0.5) is 0 Å². The normalized spacial score (nSPS) is 20.3. The van der Waals surface area contributed by atoms with Crippen molar-refractivity contribution in [2.75, 3.05) is 0 Å². The number of fused-ring (bicyclic) bond motifs is 1. The smallest absolute Gasteiger partial charge is 0.136 e. The highest BCUT2D eigenvalue weighted by Gasteiger charge is 2.25. The molecule has 0 bridgehead atoms. The van der Waals surface area contributed by atoms with Crippen molar-refractivity contribution in [3.63, 3.8) is 0 Å². The molecule has 1 heterocycles. The zero-order chi connectivity index (χ0) is 11.8. The summed E-state index contributed by atoms with van der Waals surface area (Å²) in [5.74, 6) is 0.710. The van der Waals surface area contributed by atoms with E-state index in [0.717, 1.165) is 25.7 Å². The van der Waals surface area contributed by atoms with Gasteiger partial charge in [-0.2, -0.15) is 0 Å². The molecule has 88 valence electrons. The lowest BCUT2D eigenvalue weighted by molar-refractivity contribution is -0.120. The SMILES string of the molecule is Cc1cccc2c(CC3CCCC3=O)c[nH]c12. The number of aromatic amines is 1. The van der Waals surface area contributed by atoms with E-state index in [1.165, 1.54) is 22.0 Å². The number of benzene rings is 1. The topological polar surface area (TPSA) is 32.9 Å². The molecule has 1 aliphatic carbocycles. The third-order valence-corrected chi connectivity index (χ3v) is 3.91. The fourth-order valence-electron chi connectivity index (χ4n) is 2.90. The molecule has 1 aromatic carbocycles. The van der Waals surface area contributed by atoms with Gasteiger partial charge in [0.1, 0.15) is 5.78 Å². The van der Waals surface area contributed by atoms with Gasteiger partial charge in [0, 0.05) is 29.4 Å². The number of H-pyrrole nitrogens is 1. The van der Waals surface area contributed by atoms with Crippen molar-refractivity contribution >= 4 is 16.7 Å². The molecule has 1 aliphatic rings. The number of Topliss-reactive ketones (excluding diaryl/α,β-unsaturated/α-hetero) is 1. The van der Waals surface area contributed by atoms with Crippen molar-refractivity contribution in [3.05, 3.63) is 35.5 Å². The molecular formula is C15H17NO. The largest absolute Gasteiger partial charge is 0.361 e. The van der Waals surface area contributed by atoms with E-state index >= 15 is 0 Å². The van der Waals surface area contributed by atoms with Crippen LogP contribution in [0.5, 0.6) is 0 Å². The maximum absolute atomic E-state index is 11.7. The number of hydrogen-bond acceptors (Lipinski definition) is 1. The Bertz CT molecular complexity index is 567. The van der Waals surface area contributed by atoms with Gasteiger partial charge in [-0.25, -0.2) is 0 Å². The van der Waals surface area contributed by atoms with Crippen LogP contribution in [0.1, 0.15) is 30.4 Å². The van der Waals surface area contributed by atoms with E-state index in [4.69, 9.17) is 0 Å². The van der Waals surface area contributed by atoms with Crippen molar-refractivity contribution < 1.29 is 4.79 Å². The summed E-state index contributed by atoms with van der Waals surface area (Å²) < 4.78 is 0. The predicted molar refractivity (Wildman–Crippen MR) is 69.1 cm³/mol. The molecule has 1 saturated carbocycles. The van der Waals surface area contributed by atoms with Crippen LogP contribution >= 0.6 is 0 Å². The van der Waals surface area contributed by atoms with E-state index in [9.17, 15) is 4.79 Å². The van der Waals surface area contributed by atoms with Gasteiger partial charge in [-0.3, -0.25) is 4.79 Å². The first-order chi connectivity index (χ1) is 8.25. The van der Waals surface area contributed by atoms with Gasteiger partial charge in [-0.15, -0.1) is 0 Å². The lowest BCUT2D eigenvalue weighted by atomic mass is 9.96. The highest BCUT2D eigenvalue weighted by Crippen LogP contribution is 2.29. The Hall–Kier alpha value is -1.57. The van der Waals surface area contributed by atoms with Crippen LogP contribution in [-0.4, -0.2) is 10.8 Å². The second kappa shape index (κ2) is 4.02. The fraction of sp³-hybridized carbons (Fsp3) is 0.400. The Morgan fingerprint density at radius 1 is 1.41 bits per heavy atom. The second-order valence-electron chi connectivity index (χ2n) is 5.07. The molecule has 2 aromatic rings. The average Bonchev–Trinajstić information content (AvgIpc) is 2.89. The summed E-state index contributed by atoms with van der Waals surface area (Å²) in [5.41, 5.74) is 3.78. The van der Waals surface area contributed by atoms with Gasteiger partial charge in [0.15, 0.2) is 0 Å². The molecule has 1 N–H and O–H groups in total. The van der Waals surface area contributed by atoms with Crippen molar-refractivity contribution in [2.24, 2.45) is 5.92 Å². The molecule has 0 spiro atoms. The number of aryl methyl sites for hydroxylation is 1. The number of hydrogen-bond donors (Lipinski definition) is 1. The van der Waals surface area contributed by atoms with E-state index in [-0.39, 0.29) is 5.92 Å². The number of ketones is 1. The summed E-state index contributed by atoms with van der Waals surface area (Å²) in [4.78, 5) is 15.0. The maximum Gasteiger partial charge on any atom is 0.136 e. The highest BCUT2D eigenvalue weighted by molar-refractivity contribution is 5.88. The van der Waals surface area contributed by atoms with Crippen LogP contribution in [0.3, 0.4) is 0 Å². The first-order valence-electron chi connectivity index (χ1n) is 6.34. The van der Waals surface area contributed by atoms with Crippen molar-refractivity contribution in [2.45, 2.75) is 32.6 Å². The second-order valence-corrected chi connectivity index (χ2v) is 5.07. The number of rotatable bonds is 2. The van der Waals surface area contributed by atoms with Crippen molar-refractivity contribution in [1.82, 2.24) is 4.98 Å². The van der Waals surface area contributed by atoms with Gasteiger partial charge in [-0.05, 0) is 37.3 Å². The molecule has 3 rings (SSSR count). The minimum atomic E-state index is 0.259. The number of carbonyl (C=O) groups excluding carboxylic acids is 1. The molecule has 2 heteroatoms. The van der Waals surface area contributed by atoms with Crippen LogP contribution in [0.25, 0.3) is 10.9 Å². The minimum absolute atomic E-state index is 0.259. The van der Waals surface area contributed by atoms with Gasteiger partial charge in [0.05, 0.1) is 0 Å². The number of carbonyl (C=O) groups is 1. The fourth-order valence-corrected chi connectivity index (χ4v) is 2.90. The Balaban J connectivity index is 1.95. The Kier molecular flexibility index (Phi) is 2.50. The number of aromatic nitrogens is 1. The summed E-state index contributed by atoms with van der Waals surface area (Å²) in [6.45, 7) is 2.11. The van der Waals surface area contributed by atoms with E-state index < -0.39 is 0 Å². The van der Waals surface area contributed by atoms with Gasteiger partial charge in [-0.1, -0.05) is 18.2 Å². The molecule has 0 radical (unpaired) electrons. The summed E-state index contributed by atoms with van der Waals surface area (Å²) in [6.07, 6.45) is 5.90. The minimum Gasteiger partial charge on any atom is -0.361 e. The van der Waals surface area contributed by atoms with E-state index in [1.807, 2.05) is 0 Å². The standard InChI is InChI=1S/C15H17NO/c1-10-4-2-6-13-12(9-16-15(10)13)8-11-5-3-7-14(11)17/h2,4,6,9,11,16H,3,5,7-8H2,1H3. The Morgan fingerprint density at radius 3 is 3.06 bits per heavy atom. The van der Waals surface area contributed by atoms with E-state index in [2.05, 4.69) is 36.3 Å². The Labute approximate surface area is 101 Å². The molecule has 0 amide bonds. The summed E-state index contributed by atoms with van der Waals surface area (Å²) in [5, 5.41) is 1.28. The van der Waals surface area contributed by atoms with Gasteiger partial charge in [0.2, 0.25) is 0 Å². The molecular weight excluding hydrogens is 210 g/mol. The van der Waals surface area contributed by atoms with E-state index in [0.29, 0.717) is 5.78 Å². The van der Waals surface area contributed by atoms with Gasteiger partial charge >= 0.3 is 0 Å². The molecule has 17 heavy (non-hydrogen) atoms. The van der Waals surface area contributed by atoms with Crippen LogP contribution in [0.15, 0.2) is 24.4 Å². The molecule has 1 fully saturated rings. The van der Waals surface area contributed by atoms with Gasteiger partial charge in [0.25, 0.3) is 0 Å². The zero-order valence-corrected chi connectivity index (χ0v) is 10.1. The monoisotopic (exact) mass is 227 g/mol. The zero-order valence-electron chi connectivity index (χ0n) is 10.1. The summed E-state index contributed by atoms with van der Waals surface area (Å²) in [7, 11) is 0. The molecule has 1 unspecified atom stereocenters. The van der Waals surface area contributed by atoms with Crippen LogP contribution in [-0.2, 0) is 11.2 Å². The van der Waals surface area contributed by atoms with Crippen LogP contribution in [0, 0.1) is 12.8 Å².